The van der Waals surface area contributed by atoms with Gasteiger partial charge in [0, 0.05) is 25.7 Å². The van der Waals surface area contributed by atoms with E-state index in [0.29, 0.717) is 6.04 Å². The normalized spacial score (nSPS) is 22.1. The number of hydrogen-bond donors (Lipinski definition) is 2. The lowest BCUT2D eigenvalue weighted by atomic mass is 10.1. The van der Waals surface area contributed by atoms with E-state index in [1.54, 1.807) is 0 Å². The van der Waals surface area contributed by atoms with Gasteiger partial charge in [-0.15, -0.1) is 0 Å². The topological polar surface area (TPSA) is 27.3 Å². The monoisotopic (exact) mass is 227 g/mol. The molecule has 16 heavy (non-hydrogen) atoms. The van der Waals surface area contributed by atoms with Crippen LogP contribution in [-0.4, -0.2) is 50.2 Å². The molecule has 3 heteroatoms. The molecule has 0 radical (unpaired) electrons. The molecule has 1 atom stereocenters. The van der Waals surface area contributed by atoms with Gasteiger partial charge >= 0.3 is 0 Å². The van der Waals surface area contributed by atoms with Crippen LogP contribution in [0.5, 0.6) is 0 Å². The molecule has 0 spiro atoms. The second-order valence-corrected chi connectivity index (χ2v) is 5.21. The second kappa shape index (κ2) is 8.04. The zero-order valence-corrected chi connectivity index (χ0v) is 11.3. The van der Waals surface area contributed by atoms with Gasteiger partial charge in [0.05, 0.1) is 0 Å². The van der Waals surface area contributed by atoms with E-state index >= 15 is 0 Å². The Morgan fingerprint density at radius 1 is 1.31 bits per heavy atom. The van der Waals surface area contributed by atoms with E-state index in [9.17, 15) is 0 Å². The van der Waals surface area contributed by atoms with E-state index in [2.05, 4.69) is 36.3 Å². The lowest BCUT2D eigenvalue weighted by molar-refractivity contribution is 0.318. The molecule has 0 aromatic carbocycles. The Balaban J connectivity index is 2.01. The second-order valence-electron chi connectivity index (χ2n) is 5.21. The molecule has 0 aromatic heterocycles. The first kappa shape index (κ1) is 13.9. The molecule has 1 heterocycles. The standard InChI is InChI=1S/C13H29N3/c1-4-14-8-10-16-9-6-13(11-16)5-7-15-12(2)3/h12-15H,4-11H2,1-3H3. The molecule has 0 aromatic rings. The maximum Gasteiger partial charge on any atom is 0.0107 e. The first-order valence-corrected chi connectivity index (χ1v) is 6.88. The van der Waals surface area contributed by atoms with Crippen molar-refractivity contribution in [2.24, 2.45) is 5.92 Å². The average molecular weight is 227 g/mol. The van der Waals surface area contributed by atoms with E-state index in [0.717, 1.165) is 19.0 Å². The maximum absolute atomic E-state index is 3.51. The van der Waals surface area contributed by atoms with Crippen LogP contribution in [0.1, 0.15) is 33.6 Å². The minimum atomic E-state index is 0.631. The Hall–Kier alpha value is -0.120. The fourth-order valence-electron chi connectivity index (χ4n) is 2.34. The van der Waals surface area contributed by atoms with Crippen LogP contribution in [0.2, 0.25) is 0 Å². The van der Waals surface area contributed by atoms with E-state index < -0.39 is 0 Å². The van der Waals surface area contributed by atoms with E-state index in [-0.39, 0.29) is 0 Å². The molecule has 0 aliphatic carbocycles. The van der Waals surface area contributed by atoms with Crippen molar-refractivity contribution in [1.82, 2.24) is 15.5 Å². The van der Waals surface area contributed by atoms with E-state index in [1.807, 2.05) is 0 Å². The number of nitrogens with one attached hydrogen (secondary N) is 2. The van der Waals surface area contributed by atoms with Crippen LogP contribution in [0.4, 0.5) is 0 Å². The van der Waals surface area contributed by atoms with Gasteiger partial charge in [0.1, 0.15) is 0 Å². The lowest BCUT2D eigenvalue weighted by Gasteiger charge is -2.16. The summed E-state index contributed by atoms with van der Waals surface area (Å²) < 4.78 is 0. The zero-order valence-electron chi connectivity index (χ0n) is 11.3. The van der Waals surface area contributed by atoms with Gasteiger partial charge in [0.15, 0.2) is 0 Å². The molecule has 0 saturated carbocycles. The first-order chi connectivity index (χ1) is 7.72. The van der Waals surface area contributed by atoms with Gasteiger partial charge < -0.3 is 15.5 Å². The summed E-state index contributed by atoms with van der Waals surface area (Å²) in [5, 5.41) is 6.90. The van der Waals surface area contributed by atoms with Crippen LogP contribution < -0.4 is 10.6 Å². The smallest absolute Gasteiger partial charge is 0.0107 e. The molecule has 96 valence electrons. The summed E-state index contributed by atoms with van der Waals surface area (Å²) in [5.41, 5.74) is 0. The van der Waals surface area contributed by atoms with Gasteiger partial charge in [-0.05, 0) is 38.4 Å². The van der Waals surface area contributed by atoms with Crippen molar-refractivity contribution >= 4 is 0 Å². The van der Waals surface area contributed by atoms with Crippen LogP contribution in [0.15, 0.2) is 0 Å². The van der Waals surface area contributed by atoms with Crippen molar-refractivity contribution in [3.05, 3.63) is 0 Å². The van der Waals surface area contributed by atoms with Gasteiger partial charge in [0.25, 0.3) is 0 Å². The molecular weight excluding hydrogens is 198 g/mol. The van der Waals surface area contributed by atoms with Gasteiger partial charge in [0.2, 0.25) is 0 Å². The molecule has 2 N–H and O–H groups in total. The van der Waals surface area contributed by atoms with E-state index in [1.165, 1.54) is 39.0 Å². The molecule has 1 rings (SSSR count). The predicted molar refractivity (Wildman–Crippen MR) is 70.8 cm³/mol. The summed E-state index contributed by atoms with van der Waals surface area (Å²) in [7, 11) is 0. The summed E-state index contributed by atoms with van der Waals surface area (Å²) in [6.07, 6.45) is 2.74. The minimum Gasteiger partial charge on any atom is -0.316 e. The Morgan fingerprint density at radius 3 is 2.81 bits per heavy atom. The summed E-state index contributed by atoms with van der Waals surface area (Å²) in [6, 6.07) is 0.631. The van der Waals surface area contributed by atoms with Crippen molar-refractivity contribution in [3.8, 4) is 0 Å². The molecule has 0 amide bonds. The maximum atomic E-state index is 3.51. The largest absolute Gasteiger partial charge is 0.316 e. The summed E-state index contributed by atoms with van der Waals surface area (Å²) >= 11 is 0. The summed E-state index contributed by atoms with van der Waals surface area (Å²) in [5.74, 6) is 0.924. The number of hydrogen-bond acceptors (Lipinski definition) is 3. The highest BCUT2D eigenvalue weighted by Gasteiger charge is 2.21. The summed E-state index contributed by atoms with van der Waals surface area (Å²) in [6.45, 7) is 13.9. The molecule has 1 aliphatic rings. The van der Waals surface area contributed by atoms with Crippen molar-refractivity contribution < 1.29 is 0 Å². The predicted octanol–water partition coefficient (Wildman–Crippen LogP) is 1.31. The van der Waals surface area contributed by atoms with E-state index in [4.69, 9.17) is 0 Å². The van der Waals surface area contributed by atoms with Crippen molar-refractivity contribution in [2.45, 2.75) is 39.7 Å². The number of likely N-dealkylation sites (tertiary alicyclic amines) is 1. The van der Waals surface area contributed by atoms with Crippen molar-refractivity contribution in [3.63, 3.8) is 0 Å². The highest BCUT2D eigenvalue weighted by molar-refractivity contribution is 4.76. The fourth-order valence-corrected chi connectivity index (χ4v) is 2.34. The molecule has 1 fully saturated rings. The number of rotatable bonds is 8. The average Bonchev–Trinajstić information content (AvgIpc) is 2.66. The van der Waals surface area contributed by atoms with Gasteiger partial charge in [-0.25, -0.2) is 0 Å². The van der Waals surface area contributed by atoms with Crippen molar-refractivity contribution in [2.75, 3.05) is 39.3 Å². The van der Waals surface area contributed by atoms with Crippen LogP contribution in [-0.2, 0) is 0 Å². The van der Waals surface area contributed by atoms with Crippen LogP contribution in [0.25, 0.3) is 0 Å². The fraction of sp³-hybridized carbons (Fsp3) is 1.00. The molecule has 0 bridgehead atoms. The van der Waals surface area contributed by atoms with Gasteiger partial charge in [-0.3, -0.25) is 0 Å². The third-order valence-electron chi connectivity index (χ3n) is 3.33. The minimum absolute atomic E-state index is 0.631. The SMILES string of the molecule is CCNCCN1CCC(CCNC(C)C)C1. The third-order valence-corrected chi connectivity index (χ3v) is 3.33. The zero-order chi connectivity index (χ0) is 11.8. The number of likely N-dealkylation sites (N-methyl/N-ethyl adjacent to an activating group) is 1. The Morgan fingerprint density at radius 2 is 2.12 bits per heavy atom. The Bertz CT molecular complexity index is 171. The highest BCUT2D eigenvalue weighted by Crippen LogP contribution is 2.18. The Kier molecular flexibility index (Phi) is 7.01. The quantitative estimate of drug-likeness (QED) is 0.612. The third kappa shape index (κ3) is 5.83. The molecule has 1 unspecified atom stereocenters. The Labute approximate surface area is 101 Å². The van der Waals surface area contributed by atoms with Gasteiger partial charge in [-0.1, -0.05) is 20.8 Å². The lowest BCUT2D eigenvalue weighted by Crippen LogP contribution is -2.31. The van der Waals surface area contributed by atoms with Crippen molar-refractivity contribution in [1.29, 1.82) is 0 Å². The molecule has 1 saturated heterocycles. The van der Waals surface area contributed by atoms with Crippen LogP contribution in [0, 0.1) is 5.92 Å². The molecule has 1 aliphatic heterocycles. The van der Waals surface area contributed by atoms with Gasteiger partial charge in [-0.2, -0.15) is 0 Å². The summed E-state index contributed by atoms with van der Waals surface area (Å²) in [4.78, 5) is 2.60. The highest BCUT2D eigenvalue weighted by atomic mass is 15.2. The van der Waals surface area contributed by atoms with Crippen LogP contribution >= 0.6 is 0 Å². The molecular formula is C13H29N3. The van der Waals surface area contributed by atoms with Crippen LogP contribution in [0.3, 0.4) is 0 Å². The first-order valence-electron chi connectivity index (χ1n) is 6.88. The number of nitrogens with zero attached hydrogens (tertiary/aromatic N) is 1. The molecule has 3 nitrogen and oxygen atoms in total.